The van der Waals surface area contributed by atoms with Gasteiger partial charge in [-0.2, -0.15) is 0 Å². The molecule has 2 rings (SSSR count). The Hall–Kier alpha value is -1.88. The first kappa shape index (κ1) is 16.5. The van der Waals surface area contributed by atoms with Gasteiger partial charge < -0.3 is 16.0 Å². The van der Waals surface area contributed by atoms with Crippen molar-refractivity contribution in [2.45, 2.75) is 39.2 Å². The van der Waals surface area contributed by atoms with Gasteiger partial charge in [0, 0.05) is 23.3 Å². The highest BCUT2D eigenvalue weighted by atomic mass is 16.2. The second-order valence-corrected chi connectivity index (χ2v) is 6.82. The standard InChI is InChI=1S/C17H25N3O2/c1-17(2,3)20-16(22)12-6-4-8-14(10-12)19-15(21)13-7-5-9-18-11-13/h4,6,8,10,13,18H,5,7,9,11H2,1-3H3,(H,19,21)(H,20,22). The van der Waals surface area contributed by atoms with Gasteiger partial charge in [0.25, 0.3) is 5.91 Å². The number of amides is 2. The lowest BCUT2D eigenvalue weighted by Gasteiger charge is -2.22. The number of hydrogen-bond acceptors (Lipinski definition) is 3. The summed E-state index contributed by atoms with van der Waals surface area (Å²) in [5.74, 6) is -0.121. The van der Waals surface area contributed by atoms with E-state index in [-0.39, 0.29) is 23.3 Å². The van der Waals surface area contributed by atoms with Crippen LogP contribution < -0.4 is 16.0 Å². The lowest BCUT2D eigenvalue weighted by atomic mass is 9.98. The van der Waals surface area contributed by atoms with E-state index in [0.717, 1.165) is 25.9 Å². The zero-order valence-electron chi connectivity index (χ0n) is 13.5. The van der Waals surface area contributed by atoms with Crippen LogP contribution in [0.15, 0.2) is 24.3 Å². The van der Waals surface area contributed by atoms with E-state index < -0.39 is 0 Å². The molecule has 3 N–H and O–H groups in total. The summed E-state index contributed by atoms with van der Waals surface area (Å²) >= 11 is 0. The van der Waals surface area contributed by atoms with E-state index >= 15 is 0 Å². The van der Waals surface area contributed by atoms with Crippen LogP contribution in [-0.4, -0.2) is 30.4 Å². The van der Waals surface area contributed by atoms with Crippen LogP contribution in [0.5, 0.6) is 0 Å². The van der Waals surface area contributed by atoms with Crippen molar-refractivity contribution >= 4 is 17.5 Å². The van der Waals surface area contributed by atoms with Gasteiger partial charge in [-0.3, -0.25) is 9.59 Å². The third kappa shape index (κ3) is 4.84. The van der Waals surface area contributed by atoms with Gasteiger partial charge >= 0.3 is 0 Å². The molecule has 1 aromatic carbocycles. The summed E-state index contributed by atoms with van der Waals surface area (Å²) in [4.78, 5) is 24.4. The minimum atomic E-state index is -0.288. The van der Waals surface area contributed by atoms with E-state index in [2.05, 4.69) is 16.0 Å². The molecule has 0 radical (unpaired) electrons. The van der Waals surface area contributed by atoms with Crippen LogP contribution in [-0.2, 0) is 4.79 Å². The van der Waals surface area contributed by atoms with Crippen molar-refractivity contribution in [3.8, 4) is 0 Å². The Kier molecular flexibility index (Phi) is 5.19. The van der Waals surface area contributed by atoms with E-state index in [4.69, 9.17) is 0 Å². The second-order valence-electron chi connectivity index (χ2n) is 6.82. The molecule has 1 aliphatic rings. The molecule has 1 heterocycles. The largest absolute Gasteiger partial charge is 0.347 e. The lowest BCUT2D eigenvalue weighted by Crippen LogP contribution is -2.40. The number of rotatable bonds is 3. The second kappa shape index (κ2) is 6.92. The SMILES string of the molecule is CC(C)(C)NC(=O)c1cccc(NC(=O)C2CCCNC2)c1. The predicted octanol–water partition coefficient (Wildman–Crippen LogP) is 2.15. The zero-order valence-corrected chi connectivity index (χ0v) is 13.5. The van der Waals surface area contributed by atoms with Gasteiger partial charge in [0.2, 0.25) is 5.91 Å². The van der Waals surface area contributed by atoms with Crippen molar-refractivity contribution in [1.82, 2.24) is 10.6 Å². The summed E-state index contributed by atoms with van der Waals surface area (Å²) in [5, 5.41) is 9.06. The number of carbonyl (C=O) groups is 2. The summed E-state index contributed by atoms with van der Waals surface area (Å²) in [6, 6.07) is 7.06. The summed E-state index contributed by atoms with van der Waals surface area (Å²) in [5.41, 5.74) is 0.927. The molecular formula is C17H25N3O2. The van der Waals surface area contributed by atoms with Gasteiger partial charge in [-0.25, -0.2) is 0 Å². The molecule has 1 atom stereocenters. The molecule has 1 unspecified atom stereocenters. The maximum atomic E-state index is 12.2. The fourth-order valence-electron chi connectivity index (χ4n) is 2.47. The molecule has 120 valence electrons. The first-order valence-corrected chi connectivity index (χ1v) is 7.79. The molecule has 5 nitrogen and oxygen atoms in total. The molecule has 0 aliphatic carbocycles. The Bertz CT molecular complexity index is 543. The molecule has 2 amide bonds. The Morgan fingerprint density at radius 3 is 2.68 bits per heavy atom. The van der Waals surface area contributed by atoms with Gasteiger partial charge in [-0.05, 0) is 58.4 Å². The van der Waals surface area contributed by atoms with Crippen molar-refractivity contribution in [3.63, 3.8) is 0 Å². The third-order valence-corrected chi connectivity index (χ3v) is 3.55. The number of piperidine rings is 1. The van der Waals surface area contributed by atoms with Crippen LogP contribution in [0, 0.1) is 5.92 Å². The fraction of sp³-hybridized carbons (Fsp3) is 0.529. The van der Waals surface area contributed by atoms with E-state index in [1.807, 2.05) is 26.8 Å². The van der Waals surface area contributed by atoms with Crippen LogP contribution in [0.4, 0.5) is 5.69 Å². The van der Waals surface area contributed by atoms with Crippen molar-refractivity contribution in [2.24, 2.45) is 5.92 Å². The van der Waals surface area contributed by atoms with Crippen molar-refractivity contribution in [1.29, 1.82) is 0 Å². The molecule has 1 aromatic rings. The molecule has 1 saturated heterocycles. The van der Waals surface area contributed by atoms with Crippen LogP contribution in [0.2, 0.25) is 0 Å². The molecule has 1 fully saturated rings. The first-order chi connectivity index (χ1) is 10.3. The van der Waals surface area contributed by atoms with Crippen molar-refractivity contribution < 1.29 is 9.59 Å². The molecular weight excluding hydrogens is 278 g/mol. The maximum absolute atomic E-state index is 12.2. The average Bonchev–Trinajstić information content (AvgIpc) is 2.46. The minimum Gasteiger partial charge on any atom is -0.347 e. The average molecular weight is 303 g/mol. The summed E-state index contributed by atoms with van der Waals surface area (Å²) < 4.78 is 0. The van der Waals surface area contributed by atoms with Gasteiger partial charge in [0.1, 0.15) is 0 Å². The Morgan fingerprint density at radius 1 is 1.27 bits per heavy atom. The number of benzene rings is 1. The van der Waals surface area contributed by atoms with Crippen molar-refractivity contribution in [2.75, 3.05) is 18.4 Å². The summed E-state index contributed by atoms with van der Waals surface area (Å²) in [6.07, 6.45) is 1.93. The zero-order chi connectivity index (χ0) is 16.2. The minimum absolute atomic E-state index is 0.000748. The molecule has 1 aliphatic heterocycles. The fourth-order valence-corrected chi connectivity index (χ4v) is 2.47. The van der Waals surface area contributed by atoms with Gasteiger partial charge in [0.05, 0.1) is 5.92 Å². The Labute approximate surface area is 131 Å². The van der Waals surface area contributed by atoms with Gasteiger partial charge in [-0.1, -0.05) is 6.07 Å². The topological polar surface area (TPSA) is 70.2 Å². The van der Waals surface area contributed by atoms with E-state index in [9.17, 15) is 9.59 Å². The number of anilines is 1. The van der Waals surface area contributed by atoms with E-state index in [1.54, 1.807) is 18.2 Å². The molecule has 0 saturated carbocycles. The highest BCUT2D eigenvalue weighted by Gasteiger charge is 2.21. The monoisotopic (exact) mass is 303 g/mol. The molecule has 22 heavy (non-hydrogen) atoms. The van der Waals surface area contributed by atoms with Crippen LogP contribution >= 0.6 is 0 Å². The van der Waals surface area contributed by atoms with Crippen molar-refractivity contribution in [3.05, 3.63) is 29.8 Å². The van der Waals surface area contributed by atoms with Crippen LogP contribution in [0.3, 0.4) is 0 Å². The van der Waals surface area contributed by atoms with Gasteiger partial charge in [0.15, 0.2) is 0 Å². The number of hydrogen-bond donors (Lipinski definition) is 3. The van der Waals surface area contributed by atoms with Gasteiger partial charge in [-0.15, -0.1) is 0 Å². The summed E-state index contributed by atoms with van der Waals surface area (Å²) in [7, 11) is 0. The Balaban J connectivity index is 2.01. The van der Waals surface area contributed by atoms with E-state index in [1.165, 1.54) is 0 Å². The third-order valence-electron chi connectivity index (χ3n) is 3.55. The predicted molar refractivity (Wildman–Crippen MR) is 87.9 cm³/mol. The van der Waals surface area contributed by atoms with E-state index in [0.29, 0.717) is 11.3 Å². The van der Waals surface area contributed by atoms with Crippen LogP contribution in [0.1, 0.15) is 44.0 Å². The number of carbonyl (C=O) groups excluding carboxylic acids is 2. The number of nitrogens with one attached hydrogen (secondary N) is 3. The van der Waals surface area contributed by atoms with Crippen LogP contribution in [0.25, 0.3) is 0 Å². The lowest BCUT2D eigenvalue weighted by molar-refractivity contribution is -0.120. The normalized spacial score (nSPS) is 18.6. The maximum Gasteiger partial charge on any atom is 0.251 e. The highest BCUT2D eigenvalue weighted by Crippen LogP contribution is 2.16. The molecule has 5 heteroatoms. The Morgan fingerprint density at radius 2 is 2.05 bits per heavy atom. The molecule has 0 aromatic heterocycles. The summed E-state index contributed by atoms with van der Waals surface area (Å²) in [6.45, 7) is 7.51. The highest BCUT2D eigenvalue weighted by molar-refractivity contribution is 5.98. The first-order valence-electron chi connectivity index (χ1n) is 7.79. The smallest absolute Gasteiger partial charge is 0.251 e. The molecule has 0 spiro atoms. The quantitative estimate of drug-likeness (QED) is 0.801. The molecule has 0 bridgehead atoms.